The fourth-order valence-electron chi connectivity index (χ4n) is 10.8. The molecular formula is C48H48HfSi. The molecule has 2 aliphatic rings. The second-order valence-electron chi connectivity index (χ2n) is 17.7. The Balaban J connectivity index is 1.51. The van der Waals surface area contributed by atoms with Crippen molar-refractivity contribution in [1.82, 2.24) is 0 Å². The van der Waals surface area contributed by atoms with E-state index in [4.69, 9.17) is 0 Å². The van der Waals surface area contributed by atoms with Crippen molar-refractivity contribution in [1.29, 1.82) is 0 Å². The third-order valence-corrected chi connectivity index (χ3v) is 71.1. The van der Waals surface area contributed by atoms with Gasteiger partial charge >= 0.3 is 297 Å². The topological polar surface area (TPSA) is 0 Å². The van der Waals surface area contributed by atoms with Crippen LogP contribution in [0.25, 0.3) is 34.4 Å². The van der Waals surface area contributed by atoms with Crippen LogP contribution in [0.2, 0.25) is 9.36 Å². The number of aryl methyl sites for hydroxylation is 4. The van der Waals surface area contributed by atoms with E-state index in [0.29, 0.717) is 0 Å². The number of fused-ring (bicyclic) bond motifs is 2. The average Bonchev–Trinajstić information content (AvgIpc) is 3.79. The molecule has 0 bridgehead atoms. The van der Waals surface area contributed by atoms with Gasteiger partial charge in [0.1, 0.15) is 0 Å². The van der Waals surface area contributed by atoms with Gasteiger partial charge in [0.25, 0.3) is 0 Å². The standard InChI is InChI=1S/2C17H15.2C6H5.2CH3.Hf.H2Si/c2*1-12-9-10-13(2)17(11-12)16-8-4-6-14-5-3-7-15(14)16;2*1-2-4-6-5-3-1;;;;/h2*3-11H,1-2H3;2*1-5H;2*1H3;;1H2. The summed E-state index contributed by atoms with van der Waals surface area (Å²) >= 11 is -5.97. The molecular weight excluding hydrogens is 783 g/mol. The van der Waals surface area contributed by atoms with Gasteiger partial charge in [-0.15, -0.1) is 0 Å². The van der Waals surface area contributed by atoms with Crippen LogP contribution in [0.15, 0.2) is 146 Å². The molecule has 0 saturated heterocycles. The number of hydrogen-bond donors (Lipinski definition) is 0. The van der Waals surface area contributed by atoms with Crippen LogP contribution in [0.5, 0.6) is 0 Å². The van der Waals surface area contributed by atoms with Crippen LogP contribution >= 0.6 is 0 Å². The molecule has 50 heavy (non-hydrogen) atoms. The third-order valence-electron chi connectivity index (χ3n) is 14.0. The van der Waals surface area contributed by atoms with Gasteiger partial charge in [0.2, 0.25) is 0 Å². The van der Waals surface area contributed by atoms with Gasteiger partial charge in [-0.3, -0.25) is 0 Å². The Bertz CT molecular complexity index is 2380. The molecule has 8 rings (SSSR count). The van der Waals surface area contributed by atoms with Crippen molar-refractivity contribution in [2.75, 3.05) is 0 Å². The Labute approximate surface area is 294 Å². The maximum absolute atomic E-state index is 5.97. The van der Waals surface area contributed by atoms with E-state index in [1.54, 1.807) is 0 Å². The molecule has 0 heterocycles. The maximum atomic E-state index is 2.80. The molecule has 0 aromatic heterocycles. The SMILES string of the molecule is Cc1ccc(C)c(-c2cccc3c2C=C[CH]3[Hf]([CH3])([CH3])(=[SiH2])([c]2ccccc2)([c]2ccccc2)[CH]2C=Cc3c(-c4cc(C)ccc4C)cccc32)c1. The molecule has 0 saturated carbocycles. The van der Waals surface area contributed by atoms with E-state index >= 15 is 0 Å². The molecule has 0 nitrogen and oxygen atoms in total. The Morgan fingerprint density at radius 3 is 1.24 bits per heavy atom. The van der Waals surface area contributed by atoms with E-state index in [0.717, 1.165) is 0 Å². The Hall–Kier alpha value is -4.11. The summed E-state index contributed by atoms with van der Waals surface area (Å²) < 4.78 is 8.95. The monoisotopic (exact) mass is 832 g/mol. The fraction of sp³-hybridized carbons (Fsp3) is 0.167. The minimum absolute atomic E-state index is 0.174. The van der Waals surface area contributed by atoms with Crippen molar-refractivity contribution in [2.45, 2.75) is 44.4 Å². The van der Waals surface area contributed by atoms with E-state index in [-0.39, 0.29) is 7.35 Å². The van der Waals surface area contributed by atoms with E-state index in [1.807, 2.05) is 0 Å². The molecule has 0 fully saturated rings. The van der Waals surface area contributed by atoms with Crippen molar-refractivity contribution in [3.63, 3.8) is 0 Å². The molecule has 248 valence electrons. The zero-order chi connectivity index (χ0) is 35.0. The van der Waals surface area contributed by atoms with E-state index in [9.17, 15) is 0 Å². The summed E-state index contributed by atoms with van der Waals surface area (Å²) in [7, 11) is 0. The van der Waals surface area contributed by atoms with Gasteiger partial charge in [0.05, 0.1) is 0 Å². The van der Waals surface area contributed by atoms with Crippen LogP contribution in [0.1, 0.15) is 51.9 Å². The summed E-state index contributed by atoms with van der Waals surface area (Å²) in [6, 6.07) is 51.4. The Morgan fingerprint density at radius 1 is 0.440 bits per heavy atom. The molecule has 6 aromatic carbocycles. The van der Waals surface area contributed by atoms with Crippen molar-refractivity contribution >= 4 is 25.7 Å². The first-order valence-electron chi connectivity index (χ1n) is 18.2. The Kier molecular flexibility index (Phi) is 6.92. The fourth-order valence-corrected chi connectivity index (χ4v) is 58.0. The quantitative estimate of drug-likeness (QED) is 0.147. The number of allylic oxidation sites excluding steroid dienone is 2. The number of rotatable bonds is 6. The molecule has 0 amide bonds. The molecule has 0 aliphatic heterocycles. The van der Waals surface area contributed by atoms with Crippen LogP contribution in [0.3, 0.4) is 0 Å². The van der Waals surface area contributed by atoms with Crippen LogP contribution in [-0.2, 0) is 14.2 Å². The first-order valence-corrected chi connectivity index (χ1v) is 41.5. The van der Waals surface area contributed by atoms with Crippen LogP contribution in [0.4, 0.5) is 0 Å². The molecule has 0 radical (unpaired) electrons. The van der Waals surface area contributed by atoms with Crippen LogP contribution < -0.4 is 6.64 Å². The molecule has 0 spiro atoms. The molecule has 2 aliphatic carbocycles. The summed E-state index contributed by atoms with van der Waals surface area (Å²) in [6.07, 6.45) is 10.2. The summed E-state index contributed by atoms with van der Waals surface area (Å²) in [4.78, 5) is 0. The summed E-state index contributed by atoms with van der Waals surface area (Å²) in [5, 5.41) is 0. The van der Waals surface area contributed by atoms with Crippen molar-refractivity contribution in [3.8, 4) is 22.3 Å². The van der Waals surface area contributed by atoms with E-state index in [2.05, 4.69) is 202 Å². The van der Waals surface area contributed by atoms with E-state index < -0.39 is 14.2 Å². The number of hydrogen-bond acceptors (Lipinski definition) is 0. The normalized spacial score (nSPS) is 18.5. The number of benzene rings is 6. The van der Waals surface area contributed by atoms with Crippen molar-refractivity contribution in [3.05, 3.63) is 190 Å². The minimum atomic E-state index is -5.97. The van der Waals surface area contributed by atoms with Gasteiger partial charge in [-0.2, -0.15) is 0 Å². The predicted molar refractivity (Wildman–Crippen MR) is 219 cm³/mol. The zero-order valence-electron chi connectivity index (χ0n) is 30.4. The van der Waals surface area contributed by atoms with Gasteiger partial charge in [-0.05, 0) is 0 Å². The van der Waals surface area contributed by atoms with Crippen LogP contribution in [-0.4, -0.2) is 6.94 Å². The van der Waals surface area contributed by atoms with Gasteiger partial charge in [-0.1, -0.05) is 0 Å². The molecule has 2 atom stereocenters. The Morgan fingerprint density at radius 2 is 0.840 bits per heavy atom. The predicted octanol–water partition coefficient (Wildman–Crippen LogP) is 11.1. The molecule has 2 heteroatoms. The van der Waals surface area contributed by atoms with Crippen molar-refractivity contribution < 1.29 is 14.2 Å². The van der Waals surface area contributed by atoms with Crippen LogP contribution in [0, 0.1) is 27.7 Å². The molecule has 0 N–H and O–H groups in total. The third kappa shape index (κ3) is 4.13. The second kappa shape index (κ2) is 10.5. The first-order chi connectivity index (χ1) is 23.8. The first kappa shape index (κ1) is 33.1. The zero-order valence-corrected chi connectivity index (χ0v) is 35.4. The second-order valence-corrected chi connectivity index (χ2v) is 86.2. The van der Waals surface area contributed by atoms with E-state index in [1.165, 1.54) is 73.4 Å². The van der Waals surface area contributed by atoms with Gasteiger partial charge in [0, 0.05) is 0 Å². The van der Waals surface area contributed by atoms with Gasteiger partial charge in [0.15, 0.2) is 0 Å². The van der Waals surface area contributed by atoms with Gasteiger partial charge < -0.3 is 0 Å². The van der Waals surface area contributed by atoms with Crippen molar-refractivity contribution in [2.24, 2.45) is 0 Å². The average molecular weight is 831 g/mol. The summed E-state index contributed by atoms with van der Waals surface area (Å²) in [5.74, 6) is 0. The summed E-state index contributed by atoms with van der Waals surface area (Å²) in [5.41, 5.74) is 16.2. The van der Waals surface area contributed by atoms with Gasteiger partial charge in [-0.25, -0.2) is 0 Å². The summed E-state index contributed by atoms with van der Waals surface area (Å²) in [6.45, 7) is 11.3. The molecule has 6 aromatic rings. The molecule has 2 unspecified atom stereocenters.